The van der Waals surface area contributed by atoms with E-state index in [0.29, 0.717) is 8.63 Å². The standard InChI is InChI=1S/C7H7Cl2.C6H6Cl.Fe/c8-4-6-2-1-3-7(6)5-9;7-5-6-3-1-2-4-6;/h1-3H,4-5H2;1-4H,5H2;. The Morgan fingerprint density at radius 3 is 1.47 bits per heavy atom. The Labute approximate surface area is 105 Å². The van der Waals surface area contributed by atoms with Gasteiger partial charge < -0.3 is 0 Å². The van der Waals surface area contributed by atoms with E-state index in [1.807, 2.05) is 0 Å². The van der Waals surface area contributed by atoms with Crippen LogP contribution < -0.4 is 0 Å². The first kappa shape index (κ1) is 7.41. The van der Waals surface area contributed by atoms with Crippen molar-refractivity contribution < 1.29 is 6.51 Å². The third kappa shape index (κ3) is 0.0657. The molecule has 0 saturated carbocycles. The summed E-state index contributed by atoms with van der Waals surface area (Å²) in [5.74, 6) is 3.00. The Kier molecular flexibility index (Phi) is 0.261. The van der Waals surface area contributed by atoms with Crippen LogP contribution in [0.1, 0.15) is 0 Å². The van der Waals surface area contributed by atoms with Crippen molar-refractivity contribution in [1.29, 1.82) is 0 Å². The molecule has 0 aromatic carbocycles. The summed E-state index contributed by atoms with van der Waals surface area (Å²) in [6, 6.07) is 0. The van der Waals surface area contributed by atoms with Crippen LogP contribution in [0.2, 0.25) is 46.7 Å². The molecule has 10 saturated heterocycles. The zero-order valence-corrected chi connectivity index (χ0v) is 12.5. The summed E-state index contributed by atoms with van der Waals surface area (Å²) >= 11 is 19.9. The first-order valence-electron chi connectivity index (χ1n) is 6.89. The second-order valence-corrected chi connectivity index (χ2v) is 34.7. The number of hydrogen-bond donors (Lipinski definition) is 0. The summed E-state index contributed by atoms with van der Waals surface area (Å²) in [7, 11) is 0. The third-order valence-corrected chi connectivity index (χ3v) is 63.4. The van der Waals surface area contributed by atoms with E-state index in [1.54, 1.807) is 0 Å². The van der Waals surface area contributed by atoms with Crippen molar-refractivity contribution in [3.63, 3.8) is 0 Å². The first-order valence-corrected chi connectivity index (χ1v) is 14.6. The predicted octanol–water partition coefficient (Wildman–Crippen LogP) is 5.20. The predicted molar refractivity (Wildman–Crippen MR) is 66.5 cm³/mol. The SMILES string of the molecule is ClC[C]12[CH]3[CH]4[CH]5[CH]1[Fe]45321678[CH]2[CH]1[C]6(CCl)[C]7(CCl)[CH]28. The van der Waals surface area contributed by atoms with Crippen LogP contribution in [0.4, 0.5) is 0 Å². The van der Waals surface area contributed by atoms with Gasteiger partial charge in [-0.15, -0.1) is 0 Å². The maximum atomic E-state index is 6.63. The van der Waals surface area contributed by atoms with Crippen molar-refractivity contribution in [3.8, 4) is 0 Å². The first-order chi connectivity index (χ1) is 8.01. The Morgan fingerprint density at radius 2 is 1.24 bits per heavy atom. The fourth-order valence-corrected chi connectivity index (χ4v) is 106. The minimum atomic E-state index is -3.34. The summed E-state index contributed by atoms with van der Waals surface area (Å²) in [5, 5.41) is 0. The summed E-state index contributed by atoms with van der Waals surface area (Å²) in [5.41, 5.74) is 0. The quantitative estimate of drug-likeness (QED) is 0.492. The van der Waals surface area contributed by atoms with Crippen molar-refractivity contribution >= 4 is 34.8 Å². The molecule has 1 spiro atoms. The van der Waals surface area contributed by atoms with Crippen LogP contribution in [0.3, 0.4) is 0 Å². The second-order valence-electron chi connectivity index (χ2n) is 10.7. The van der Waals surface area contributed by atoms with E-state index in [9.17, 15) is 0 Å². The van der Waals surface area contributed by atoms with Gasteiger partial charge in [0.15, 0.2) is 0 Å². The molecule has 17 heavy (non-hydrogen) atoms. The van der Waals surface area contributed by atoms with Gasteiger partial charge in [-0.25, -0.2) is 0 Å². The normalized spacial score (nSPS) is 128. The number of alkyl halides is 3. The zero-order chi connectivity index (χ0) is 11.0. The molecule has 10 aliphatic rings. The van der Waals surface area contributed by atoms with Gasteiger partial charge in [-0.05, 0) is 0 Å². The van der Waals surface area contributed by atoms with Crippen LogP contribution in [-0.2, 0) is 6.51 Å². The molecule has 4 heteroatoms. The fraction of sp³-hybridized carbons (Fsp3) is 1.00. The Hall–Kier alpha value is 1.39. The molecule has 0 N–H and O–H groups in total. The third-order valence-electron chi connectivity index (χ3n) is 16.5. The second kappa shape index (κ2) is 0.598. The van der Waals surface area contributed by atoms with Crippen molar-refractivity contribution in [3.05, 3.63) is 0 Å². The van der Waals surface area contributed by atoms with Gasteiger partial charge >= 0.3 is 106 Å². The van der Waals surface area contributed by atoms with Gasteiger partial charge in [-0.1, -0.05) is 0 Å². The molecule has 0 aromatic rings. The molecule has 10 rings (SSSR count). The van der Waals surface area contributed by atoms with Crippen LogP contribution in [-0.4, -0.2) is 17.6 Å². The number of rotatable bonds is 3. The van der Waals surface area contributed by atoms with E-state index in [4.69, 9.17) is 34.8 Å². The van der Waals surface area contributed by atoms with Gasteiger partial charge in [0.05, 0.1) is 0 Å². The molecular weight excluding hydrogens is 318 g/mol. The molecule has 0 bridgehead atoms. The number of hydrogen-bond acceptors (Lipinski definition) is 0. The van der Waals surface area contributed by atoms with Gasteiger partial charge in [0, 0.05) is 0 Å². The van der Waals surface area contributed by atoms with Crippen LogP contribution in [0.15, 0.2) is 0 Å². The minimum absolute atomic E-state index is 0.694. The van der Waals surface area contributed by atoms with Gasteiger partial charge in [0.2, 0.25) is 0 Å². The fourth-order valence-electron chi connectivity index (χ4n) is 19.4. The molecule has 10 fully saturated rings. The molecule has 0 amide bonds. The van der Waals surface area contributed by atoms with E-state index < -0.39 is 6.51 Å². The molecule has 10 heterocycles. The Bertz CT molecular complexity index is 974. The number of halogens is 3. The van der Waals surface area contributed by atoms with Gasteiger partial charge in [0.25, 0.3) is 0 Å². The molecule has 10 aliphatic heterocycles. The molecule has 0 aliphatic carbocycles. The molecule has 8 atom stereocenters. The number of fused-ring (bicyclic) bond motifs is 10. The van der Waals surface area contributed by atoms with E-state index >= 15 is 0 Å². The maximum absolute atomic E-state index is 6.63. The van der Waals surface area contributed by atoms with E-state index in [0.717, 1.165) is 22.0 Å². The molecule has 0 nitrogen and oxygen atoms in total. The monoisotopic (exact) mass is 330 g/mol. The topological polar surface area (TPSA) is 0 Å². The molecule has 0 radical (unpaired) electrons. The summed E-state index contributed by atoms with van der Waals surface area (Å²) in [6.45, 7) is -3.34. The van der Waals surface area contributed by atoms with Crippen molar-refractivity contribution in [2.45, 2.75) is 46.7 Å². The summed E-state index contributed by atoms with van der Waals surface area (Å²) in [6.07, 6.45) is 0. The molecule has 94 valence electrons. The van der Waals surface area contributed by atoms with Crippen LogP contribution in [0.5, 0.6) is 0 Å². The van der Waals surface area contributed by atoms with Gasteiger partial charge in [0.1, 0.15) is 0 Å². The van der Waals surface area contributed by atoms with Crippen LogP contribution in [0, 0.1) is 0 Å². The van der Waals surface area contributed by atoms with Gasteiger partial charge in [-0.2, -0.15) is 0 Å². The van der Waals surface area contributed by atoms with Crippen molar-refractivity contribution in [1.82, 2.24) is 0 Å². The van der Waals surface area contributed by atoms with E-state index in [-0.39, 0.29) is 0 Å². The van der Waals surface area contributed by atoms with Crippen LogP contribution >= 0.6 is 34.8 Å². The summed E-state index contributed by atoms with van der Waals surface area (Å²) in [4.78, 5) is 8.55. The van der Waals surface area contributed by atoms with Gasteiger partial charge in [-0.3, -0.25) is 0 Å². The van der Waals surface area contributed by atoms with E-state index in [1.165, 1.54) is 33.7 Å². The zero-order valence-electron chi connectivity index (χ0n) is 9.15. The molecular formula is C13H13Cl3Fe. The van der Waals surface area contributed by atoms with Crippen molar-refractivity contribution in [2.75, 3.05) is 17.6 Å². The molecule has 8 unspecified atom stereocenters. The average Bonchev–Trinajstić information content (AvgIpc) is 3.31. The Morgan fingerprint density at radius 1 is 0.706 bits per heavy atom. The van der Waals surface area contributed by atoms with Crippen molar-refractivity contribution in [2.24, 2.45) is 0 Å². The summed E-state index contributed by atoms with van der Waals surface area (Å²) < 4.78 is 2.15. The van der Waals surface area contributed by atoms with Crippen LogP contribution in [0.25, 0.3) is 0 Å². The van der Waals surface area contributed by atoms with E-state index in [2.05, 4.69) is 0 Å². The Balaban J connectivity index is 1.78. The average molecular weight is 331 g/mol. The molecule has 0 aromatic heterocycles.